The van der Waals surface area contributed by atoms with Gasteiger partial charge in [-0.15, -0.1) is 0 Å². The first-order valence-corrected chi connectivity index (χ1v) is 5.11. The van der Waals surface area contributed by atoms with E-state index in [4.69, 9.17) is 5.26 Å². The predicted octanol–water partition coefficient (Wildman–Crippen LogP) is 2.82. The monoisotopic (exact) mass is 198 g/mol. The molecule has 1 aliphatic heterocycles. The van der Waals surface area contributed by atoms with Crippen molar-refractivity contribution in [2.75, 3.05) is 11.9 Å². The standard InChI is InChI=1S/C13H14N2/c1-10-9-11(7-8-14)15(2)13-6-4-3-5-12(10)13/h3-6,9,11H,7H2,1-2H3. The number of rotatable bonds is 1. The van der Waals surface area contributed by atoms with E-state index in [9.17, 15) is 0 Å². The average Bonchev–Trinajstić information content (AvgIpc) is 2.26. The van der Waals surface area contributed by atoms with Gasteiger partial charge in [0.05, 0.1) is 18.5 Å². The number of nitriles is 1. The minimum atomic E-state index is 0.213. The van der Waals surface area contributed by atoms with E-state index < -0.39 is 0 Å². The Kier molecular flexibility index (Phi) is 2.47. The third-order valence-electron chi connectivity index (χ3n) is 2.95. The molecular formula is C13H14N2. The average molecular weight is 198 g/mol. The molecule has 0 aliphatic carbocycles. The molecule has 1 atom stereocenters. The van der Waals surface area contributed by atoms with Gasteiger partial charge in [0.15, 0.2) is 0 Å². The number of hydrogen-bond donors (Lipinski definition) is 0. The maximum absolute atomic E-state index is 8.76. The molecular weight excluding hydrogens is 184 g/mol. The van der Waals surface area contributed by atoms with Gasteiger partial charge in [0.25, 0.3) is 0 Å². The molecule has 1 aromatic rings. The fourth-order valence-corrected chi connectivity index (χ4v) is 2.07. The van der Waals surface area contributed by atoms with Crippen LogP contribution in [0, 0.1) is 11.3 Å². The van der Waals surface area contributed by atoms with Gasteiger partial charge in [0, 0.05) is 18.3 Å². The zero-order chi connectivity index (χ0) is 10.8. The largest absolute Gasteiger partial charge is 0.367 e. The smallest absolute Gasteiger partial charge is 0.0646 e. The second kappa shape index (κ2) is 3.78. The molecule has 0 radical (unpaired) electrons. The Morgan fingerprint density at radius 2 is 2.13 bits per heavy atom. The van der Waals surface area contributed by atoms with Crippen molar-refractivity contribution >= 4 is 11.3 Å². The lowest BCUT2D eigenvalue weighted by Gasteiger charge is -2.33. The Morgan fingerprint density at radius 3 is 2.87 bits per heavy atom. The summed E-state index contributed by atoms with van der Waals surface area (Å²) in [5, 5.41) is 8.76. The number of likely N-dealkylation sites (N-methyl/N-ethyl adjacent to an activating group) is 1. The van der Waals surface area contributed by atoms with E-state index >= 15 is 0 Å². The van der Waals surface area contributed by atoms with Gasteiger partial charge in [-0.3, -0.25) is 0 Å². The Morgan fingerprint density at radius 1 is 1.40 bits per heavy atom. The molecule has 2 heteroatoms. The van der Waals surface area contributed by atoms with Gasteiger partial charge in [0.2, 0.25) is 0 Å². The zero-order valence-corrected chi connectivity index (χ0v) is 9.07. The van der Waals surface area contributed by atoms with E-state index in [-0.39, 0.29) is 6.04 Å². The van der Waals surface area contributed by atoms with Crippen molar-refractivity contribution < 1.29 is 0 Å². The number of hydrogen-bond acceptors (Lipinski definition) is 2. The van der Waals surface area contributed by atoms with Crippen LogP contribution >= 0.6 is 0 Å². The second-order valence-corrected chi connectivity index (χ2v) is 3.91. The van der Waals surface area contributed by atoms with Crippen LogP contribution in [0.4, 0.5) is 5.69 Å². The van der Waals surface area contributed by atoms with Gasteiger partial charge in [-0.2, -0.15) is 5.26 Å². The first-order valence-electron chi connectivity index (χ1n) is 5.11. The van der Waals surface area contributed by atoms with E-state index in [2.05, 4.69) is 42.2 Å². The molecule has 0 spiro atoms. The third kappa shape index (κ3) is 1.61. The van der Waals surface area contributed by atoms with E-state index in [0.29, 0.717) is 6.42 Å². The van der Waals surface area contributed by atoms with Gasteiger partial charge in [0.1, 0.15) is 0 Å². The number of anilines is 1. The fraction of sp³-hybridized carbons (Fsp3) is 0.308. The number of nitrogens with zero attached hydrogens (tertiary/aromatic N) is 2. The highest BCUT2D eigenvalue weighted by molar-refractivity contribution is 5.79. The molecule has 1 unspecified atom stereocenters. The Balaban J connectivity index is 2.45. The molecule has 1 aliphatic rings. The van der Waals surface area contributed by atoms with Crippen molar-refractivity contribution in [3.63, 3.8) is 0 Å². The van der Waals surface area contributed by atoms with Crippen LogP contribution in [-0.2, 0) is 0 Å². The van der Waals surface area contributed by atoms with E-state index in [1.54, 1.807) is 0 Å². The van der Waals surface area contributed by atoms with Crippen molar-refractivity contribution in [1.29, 1.82) is 5.26 Å². The summed E-state index contributed by atoms with van der Waals surface area (Å²) in [4.78, 5) is 2.17. The Labute approximate surface area is 90.4 Å². The molecule has 76 valence electrons. The lowest BCUT2D eigenvalue weighted by atomic mass is 9.95. The highest BCUT2D eigenvalue weighted by atomic mass is 15.1. The molecule has 0 saturated heterocycles. The summed E-state index contributed by atoms with van der Waals surface area (Å²) in [6.07, 6.45) is 2.72. The normalized spacial score (nSPS) is 19.1. The molecule has 0 fully saturated rings. The molecule has 0 saturated carbocycles. The molecule has 2 nitrogen and oxygen atoms in total. The zero-order valence-electron chi connectivity index (χ0n) is 9.07. The van der Waals surface area contributed by atoms with Crippen LogP contribution in [-0.4, -0.2) is 13.1 Å². The van der Waals surface area contributed by atoms with E-state index in [1.807, 2.05) is 13.1 Å². The summed E-state index contributed by atoms with van der Waals surface area (Å²) in [6, 6.07) is 10.8. The molecule has 0 amide bonds. The Hall–Kier alpha value is -1.75. The number of para-hydroxylation sites is 1. The predicted molar refractivity (Wildman–Crippen MR) is 62.5 cm³/mol. The highest BCUT2D eigenvalue weighted by Gasteiger charge is 2.20. The summed E-state index contributed by atoms with van der Waals surface area (Å²) in [5.74, 6) is 0. The van der Waals surface area contributed by atoms with Crippen molar-refractivity contribution in [3.05, 3.63) is 35.9 Å². The van der Waals surface area contributed by atoms with Gasteiger partial charge >= 0.3 is 0 Å². The van der Waals surface area contributed by atoms with Crippen LogP contribution in [0.3, 0.4) is 0 Å². The summed E-state index contributed by atoms with van der Waals surface area (Å²) in [5.41, 5.74) is 3.76. The third-order valence-corrected chi connectivity index (χ3v) is 2.95. The minimum Gasteiger partial charge on any atom is -0.367 e. The quantitative estimate of drug-likeness (QED) is 0.693. The van der Waals surface area contributed by atoms with E-state index in [1.165, 1.54) is 16.8 Å². The number of fused-ring (bicyclic) bond motifs is 1. The Bertz CT molecular complexity index is 440. The molecule has 0 aromatic heterocycles. The van der Waals surface area contributed by atoms with Gasteiger partial charge in [-0.25, -0.2) is 0 Å². The van der Waals surface area contributed by atoms with Gasteiger partial charge in [-0.05, 0) is 18.6 Å². The number of allylic oxidation sites excluding steroid dienone is 1. The molecule has 15 heavy (non-hydrogen) atoms. The fourth-order valence-electron chi connectivity index (χ4n) is 2.07. The molecule has 0 bridgehead atoms. The summed E-state index contributed by atoms with van der Waals surface area (Å²) >= 11 is 0. The van der Waals surface area contributed by atoms with Crippen molar-refractivity contribution in [2.45, 2.75) is 19.4 Å². The highest BCUT2D eigenvalue weighted by Crippen LogP contribution is 2.33. The SMILES string of the molecule is CC1=CC(CC#N)N(C)c2ccccc21. The van der Waals surface area contributed by atoms with Crippen LogP contribution in [0.5, 0.6) is 0 Å². The molecule has 1 aromatic carbocycles. The molecule has 1 heterocycles. The summed E-state index contributed by atoms with van der Waals surface area (Å²) < 4.78 is 0. The maximum atomic E-state index is 8.76. The van der Waals surface area contributed by atoms with Crippen molar-refractivity contribution in [2.24, 2.45) is 0 Å². The van der Waals surface area contributed by atoms with Crippen LogP contribution in [0.2, 0.25) is 0 Å². The summed E-state index contributed by atoms with van der Waals surface area (Å²) in [7, 11) is 2.05. The summed E-state index contributed by atoms with van der Waals surface area (Å²) in [6.45, 7) is 2.11. The molecule has 0 N–H and O–H groups in total. The van der Waals surface area contributed by atoms with Crippen molar-refractivity contribution in [1.82, 2.24) is 0 Å². The van der Waals surface area contributed by atoms with Crippen LogP contribution in [0.15, 0.2) is 30.3 Å². The first kappa shape index (κ1) is 9.79. The van der Waals surface area contributed by atoms with Gasteiger partial charge in [-0.1, -0.05) is 24.3 Å². The number of benzene rings is 1. The topological polar surface area (TPSA) is 27.0 Å². The van der Waals surface area contributed by atoms with Crippen LogP contribution in [0.1, 0.15) is 18.9 Å². The van der Waals surface area contributed by atoms with Crippen molar-refractivity contribution in [3.8, 4) is 6.07 Å². The first-order chi connectivity index (χ1) is 7.24. The van der Waals surface area contributed by atoms with Gasteiger partial charge < -0.3 is 4.90 Å². The van der Waals surface area contributed by atoms with Crippen LogP contribution < -0.4 is 4.90 Å². The molecule has 2 rings (SSSR count). The second-order valence-electron chi connectivity index (χ2n) is 3.91. The lowest BCUT2D eigenvalue weighted by molar-refractivity contribution is 0.758. The minimum absolute atomic E-state index is 0.213. The van der Waals surface area contributed by atoms with Crippen LogP contribution in [0.25, 0.3) is 5.57 Å². The lowest BCUT2D eigenvalue weighted by Crippen LogP contribution is -2.32. The van der Waals surface area contributed by atoms with E-state index in [0.717, 1.165) is 0 Å². The maximum Gasteiger partial charge on any atom is 0.0646 e.